The monoisotopic (exact) mass is 189 g/mol. The summed E-state index contributed by atoms with van der Waals surface area (Å²) in [6, 6.07) is 3.94. The molecule has 1 aromatic heterocycles. The highest BCUT2D eigenvalue weighted by Crippen LogP contribution is 2.23. The van der Waals surface area contributed by atoms with Gasteiger partial charge in [-0.2, -0.15) is 0 Å². The normalized spacial score (nSPS) is 10.7. The Morgan fingerprint density at radius 2 is 2.07 bits per heavy atom. The Hall–Kier alpha value is -1.77. The molecule has 0 aliphatic heterocycles. The Bertz CT molecular complexity index is 511. The molecule has 14 heavy (non-hydrogen) atoms. The van der Waals surface area contributed by atoms with Crippen LogP contribution in [0.25, 0.3) is 10.9 Å². The molecule has 0 bridgehead atoms. The molecule has 0 radical (unpaired) electrons. The molecule has 2 rings (SSSR count). The Balaban J connectivity index is 2.85. The molecule has 0 saturated carbocycles. The first-order valence-electron chi connectivity index (χ1n) is 4.41. The smallest absolute Gasteiger partial charge is 0.337 e. The Morgan fingerprint density at radius 1 is 1.36 bits per heavy atom. The lowest BCUT2D eigenvalue weighted by atomic mass is 10.0. The molecule has 0 saturated heterocycles. The van der Waals surface area contributed by atoms with Gasteiger partial charge in [0.15, 0.2) is 0 Å². The second-order valence-corrected chi connectivity index (χ2v) is 3.51. The molecule has 2 N–H and O–H groups in total. The van der Waals surface area contributed by atoms with Gasteiger partial charge in [-0.05, 0) is 31.0 Å². The maximum atomic E-state index is 10.9. The molecule has 0 aliphatic rings. The zero-order valence-electron chi connectivity index (χ0n) is 8.09. The topological polar surface area (TPSA) is 53.1 Å². The van der Waals surface area contributed by atoms with Gasteiger partial charge in [0.1, 0.15) is 0 Å². The summed E-state index contributed by atoms with van der Waals surface area (Å²) >= 11 is 0. The lowest BCUT2D eigenvalue weighted by molar-refractivity contribution is 0.0699. The van der Waals surface area contributed by atoms with Gasteiger partial charge in [-0.25, -0.2) is 4.79 Å². The van der Waals surface area contributed by atoms with Crippen molar-refractivity contribution in [3.8, 4) is 0 Å². The van der Waals surface area contributed by atoms with Gasteiger partial charge in [0.2, 0.25) is 0 Å². The molecule has 0 aliphatic carbocycles. The summed E-state index contributed by atoms with van der Waals surface area (Å²) in [5.41, 5.74) is 3.37. The molecule has 3 heteroatoms. The van der Waals surface area contributed by atoms with Gasteiger partial charge in [0.05, 0.1) is 5.56 Å². The van der Waals surface area contributed by atoms with Gasteiger partial charge in [0, 0.05) is 17.1 Å². The number of aromatic carboxylic acids is 1. The van der Waals surface area contributed by atoms with Crippen LogP contribution in [0.3, 0.4) is 0 Å². The Morgan fingerprint density at radius 3 is 2.71 bits per heavy atom. The third-order valence-electron chi connectivity index (χ3n) is 2.35. The molecule has 0 spiro atoms. The van der Waals surface area contributed by atoms with E-state index in [-0.39, 0.29) is 0 Å². The minimum absolute atomic E-state index is 0.345. The van der Waals surface area contributed by atoms with E-state index in [1.807, 2.05) is 26.0 Å². The molecule has 1 heterocycles. The van der Waals surface area contributed by atoms with E-state index < -0.39 is 5.97 Å². The minimum Gasteiger partial charge on any atom is -0.478 e. The van der Waals surface area contributed by atoms with Gasteiger partial charge in [-0.3, -0.25) is 0 Å². The number of carbonyl (C=O) groups is 1. The van der Waals surface area contributed by atoms with Crippen molar-refractivity contribution in [1.29, 1.82) is 0 Å². The number of benzene rings is 1. The van der Waals surface area contributed by atoms with Gasteiger partial charge in [0.25, 0.3) is 0 Å². The first-order chi connectivity index (χ1) is 6.59. The Kier molecular flexibility index (Phi) is 1.81. The Labute approximate surface area is 81.4 Å². The summed E-state index contributed by atoms with van der Waals surface area (Å²) in [7, 11) is 0. The number of H-pyrrole nitrogens is 1. The van der Waals surface area contributed by atoms with E-state index in [1.165, 1.54) is 0 Å². The largest absolute Gasteiger partial charge is 0.478 e. The standard InChI is InChI=1S/C11H11NO2/c1-6-3-7(2)10-8(11(13)14)5-12-9(10)4-6/h3-5,12H,1-2H3,(H,13,14). The summed E-state index contributed by atoms with van der Waals surface area (Å²) in [5.74, 6) is -0.886. The van der Waals surface area contributed by atoms with E-state index in [2.05, 4.69) is 4.98 Å². The summed E-state index contributed by atoms with van der Waals surface area (Å²) in [4.78, 5) is 13.9. The van der Waals surface area contributed by atoms with Crippen LogP contribution in [-0.2, 0) is 0 Å². The second kappa shape index (κ2) is 2.87. The van der Waals surface area contributed by atoms with Gasteiger partial charge >= 0.3 is 5.97 Å². The van der Waals surface area contributed by atoms with Crippen molar-refractivity contribution in [3.63, 3.8) is 0 Å². The highest BCUT2D eigenvalue weighted by atomic mass is 16.4. The average Bonchev–Trinajstić information content (AvgIpc) is 2.47. The molecule has 1 aromatic carbocycles. The second-order valence-electron chi connectivity index (χ2n) is 3.51. The maximum absolute atomic E-state index is 10.9. The van der Waals surface area contributed by atoms with E-state index >= 15 is 0 Å². The minimum atomic E-state index is -0.886. The molecular weight excluding hydrogens is 178 g/mol. The van der Waals surface area contributed by atoms with Crippen LogP contribution in [0.2, 0.25) is 0 Å². The average molecular weight is 189 g/mol. The van der Waals surface area contributed by atoms with Crippen molar-refractivity contribution in [3.05, 3.63) is 35.0 Å². The van der Waals surface area contributed by atoms with Crippen molar-refractivity contribution in [1.82, 2.24) is 4.98 Å². The lowest BCUT2D eigenvalue weighted by Gasteiger charge is -2.00. The van der Waals surface area contributed by atoms with Gasteiger partial charge in [-0.15, -0.1) is 0 Å². The van der Waals surface area contributed by atoms with Crippen molar-refractivity contribution in [2.45, 2.75) is 13.8 Å². The van der Waals surface area contributed by atoms with Crippen molar-refractivity contribution in [2.24, 2.45) is 0 Å². The molecule has 2 aromatic rings. The van der Waals surface area contributed by atoms with Crippen molar-refractivity contribution < 1.29 is 9.90 Å². The zero-order chi connectivity index (χ0) is 10.3. The number of carboxylic acids is 1. The number of hydrogen-bond donors (Lipinski definition) is 2. The van der Waals surface area contributed by atoms with E-state index in [4.69, 9.17) is 5.11 Å². The van der Waals surface area contributed by atoms with Crippen LogP contribution in [0.5, 0.6) is 0 Å². The van der Waals surface area contributed by atoms with Crippen LogP contribution in [0.4, 0.5) is 0 Å². The number of aromatic nitrogens is 1. The predicted octanol–water partition coefficient (Wildman–Crippen LogP) is 2.48. The van der Waals surface area contributed by atoms with Crippen molar-refractivity contribution in [2.75, 3.05) is 0 Å². The predicted molar refractivity (Wildman–Crippen MR) is 54.7 cm³/mol. The number of fused-ring (bicyclic) bond motifs is 1. The van der Waals surface area contributed by atoms with Crippen LogP contribution in [0.15, 0.2) is 18.3 Å². The van der Waals surface area contributed by atoms with E-state index in [9.17, 15) is 4.79 Å². The van der Waals surface area contributed by atoms with Crippen molar-refractivity contribution >= 4 is 16.9 Å². The van der Waals surface area contributed by atoms with E-state index in [0.717, 1.165) is 22.0 Å². The number of nitrogens with one attached hydrogen (secondary N) is 1. The van der Waals surface area contributed by atoms with Gasteiger partial charge in [-0.1, -0.05) is 6.07 Å². The number of aromatic amines is 1. The van der Waals surface area contributed by atoms with Crippen LogP contribution in [0.1, 0.15) is 21.5 Å². The third kappa shape index (κ3) is 1.18. The molecule has 0 atom stereocenters. The summed E-state index contributed by atoms with van der Waals surface area (Å²) in [6.07, 6.45) is 1.54. The molecule has 0 unspecified atom stereocenters. The number of rotatable bonds is 1. The van der Waals surface area contributed by atoms with E-state index in [1.54, 1.807) is 6.20 Å². The van der Waals surface area contributed by atoms with Crippen LogP contribution in [0, 0.1) is 13.8 Å². The number of hydrogen-bond acceptors (Lipinski definition) is 1. The highest BCUT2D eigenvalue weighted by Gasteiger charge is 2.12. The SMILES string of the molecule is Cc1cc(C)c2c(C(=O)O)c[nH]c2c1. The quantitative estimate of drug-likeness (QED) is 0.724. The fourth-order valence-corrected chi connectivity index (χ4v) is 1.83. The summed E-state index contributed by atoms with van der Waals surface area (Å²) < 4.78 is 0. The van der Waals surface area contributed by atoms with Crippen LogP contribution >= 0.6 is 0 Å². The van der Waals surface area contributed by atoms with Gasteiger partial charge < -0.3 is 10.1 Å². The fraction of sp³-hybridized carbons (Fsp3) is 0.182. The van der Waals surface area contributed by atoms with Crippen LogP contribution < -0.4 is 0 Å². The summed E-state index contributed by atoms with van der Waals surface area (Å²) in [6.45, 7) is 3.92. The first-order valence-corrected chi connectivity index (χ1v) is 4.41. The maximum Gasteiger partial charge on any atom is 0.337 e. The third-order valence-corrected chi connectivity index (χ3v) is 2.35. The first kappa shape index (κ1) is 8.81. The zero-order valence-corrected chi connectivity index (χ0v) is 8.09. The summed E-state index contributed by atoms with van der Waals surface area (Å²) in [5, 5.41) is 9.75. The van der Waals surface area contributed by atoms with Crippen LogP contribution in [-0.4, -0.2) is 16.1 Å². The molecule has 0 fully saturated rings. The van der Waals surface area contributed by atoms with E-state index in [0.29, 0.717) is 5.56 Å². The molecule has 72 valence electrons. The molecule has 3 nitrogen and oxygen atoms in total. The number of aryl methyl sites for hydroxylation is 2. The number of carboxylic acid groups (broad SMARTS) is 1. The fourth-order valence-electron chi connectivity index (χ4n) is 1.83. The lowest BCUT2D eigenvalue weighted by Crippen LogP contribution is -1.94. The molecule has 0 amide bonds. The highest BCUT2D eigenvalue weighted by molar-refractivity contribution is 6.04. The molecular formula is C11H11NO2.